The Morgan fingerprint density at radius 3 is 0.829 bits per heavy atom. The summed E-state index contributed by atoms with van der Waals surface area (Å²) in [6, 6.07) is 90.9. The molecular formula is C66H48Ag2P2+2. The minimum atomic E-state index is -0.783. The maximum absolute atomic E-state index is 7.24. The first-order valence-corrected chi connectivity index (χ1v) is 26.5. The Morgan fingerprint density at radius 2 is 0.514 bits per heavy atom. The van der Waals surface area contributed by atoms with Gasteiger partial charge in [0.05, 0.1) is 37.1 Å². The van der Waals surface area contributed by atoms with E-state index in [9.17, 15) is 0 Å². The van der Waals surface area contributed by atoms with E-state index < -0.39 is 15.8 Å². The standard InChI is InChI=1S/C26H24P2.2C20H11.2Ag/c1-5-13-23(14-6-1)27(24-15-7-2-8-16-24)21-22-28(25-17-9-3-10-18-25)26-19-11-4-12-20-26;2*1-2-14-7-10-18-16(13-14)9-12-19-17-6-4-3-5-15(17)8-11-20(18)19;;/h1-20H,21-22H2;2*3-13H;;/q;2*-1;2*+1/p+2. The summed E-state index contributed by atoms with van der Waals surface area (Å²) < 4.78 is 0. The van der Waals surface area contributed by atoms with Crippen molar-refractivity contribution in [1.82, 2.24) is 0 Å². The molecular weight excluding hydrogens is 1070 g/mol. The van der Waals surface area contributed by atoms with Crippen molar-refractivity contribution in [2.24, 2.45) is 0 Å². The second-order valence-electron chi connectivity index (χ2n) is 16.9. The van der Waals surface area contributed by atoms with Crippen LogP contribution in [0.2, 0.25) is 0 Å². The quantitative estimate of drug-likeness (QED) is 0.0491. The van der Waals surface area contributed by atoms with Crippen LogP contribution in [0.15, 0.2) is 255 Å². The number of hydrogen-bond donors (Lipinski definition) is 0. The molecule has 0 bridgehead atoms. The van der Waals surface area contributed by atoms with E-state index in [-0.39, 0.29) is 44.8 Å². The average molecular weight is 1120 g/mol. The van der Waals surface area contributed by atoms with Crippen LogP contribution in [-0.4, -0.2) is 12.3 Å². The molecule has 12 rings (SSSR count). The second-order valence-corrected chi connectivity index (χ2v) is 22.2. The van der Waals surface area contributed by atoms with Gasteiger partial charge < -0.3 is 12.8 Å². The summed E-state index contributed by atoms with van der Waals surface area (Å²) in [6.45, 7) is 0. The number of hydrogen-bond acceptors (Lipinski definition) is 0. The van der Waals surface area contributed by atoms with Crippen LogP contribution in [0.1, 0.15) is 11.1 Å². The third-order valence-corrected chi connectivity index (χ3v) is 19.0. The van der Waals surface area contributed by atoms with Crippen molar-refractivity contribution in [3.63, 3.8) is 0 Å². The predicted octanol–water partition coefficient (Wildman–Crippen LogP) is 14.9. The van der Waals surface area contributed by atoms with Crippen molar-refractivity contribution in [2.75, 3.05) is 12.3 Å². The topological polar surface area (TPSA) is 0 Å². The molecule has 0 unspecified atom stereocenters. The number of benzene rings is 12. The molecule has 0 saturated heterocycles. The summed E-state index contributed by atoms with van der Waals surface area (Å²) in [5.74, 6) is 4.89. The molecule has 0 amide bonds. The molecule has 0 atom stereocenters. The smallest absolute Gasteiger partial charge is 0.366 e. The van der Waals surface area contributed by atoms with E-state index in [0.29, 0.717) is 0 Å². The Morgan fingerprint density at radius 1 is 0.257 bits per heavy atom. The largest absolute Gasteiger partial charge is 1.00 e. The summed E-state index contributed by atoms with van der Waals surface area (Å²) in [7, 11) is -1.57. The Labute approximate surface area is 445 Å². The van der Waals surface area contributed by atoms with Gasteiger partial charge in [0, 0.05) is 0 Å². The van der Waals surface area contributed by atoms with E-state index in [4.69, 9.17) is 12.8 Å². The van der Waals surface area contributed by atoms with Crippen LogP contribution in [0.25, 0.3) is 64.6 Å². The first-order chi connectivity index (χ1) is 33.6. The minimum absolute atomic E-state index is 0. The predicted molar refractivity (Wildman–Crippen MR) is 301 cm³/mol. The maximum atomic E-state index is 7.24. The molecule has 70 heavy (non-hydrogen) atoms. The molecule has 0 fully saturated rings. The summed E-state index contributed by atoms with van der Waals surface area (Å²) in [6.07, 6.45) is 17.0. The number of fused-ring (bicyclic) bond motifs is 10. The van der Waals surface area contributed by atoms with Crippen LogP contribution in [-0.2, 0) is 44.8 Å². The molecule has 0 heterocycles. The van der Waals surface area contributed by atoms with Crippen LogP contribution >= 0.6 is 15.8 Å². The third kappa shape index (κ3) is 11.1. The number of rotatable bonds is 7. The van der Waals surface area contributed by atoms with E-state index in [2.05, 4.69) is 242 Å². The molecule has 0 nitrogen and oxygen atoms in total. The summed E-state index contributed by atoms with van der Waals surface area (Å²) in [5.41, 5.74) is 1.63. The zero-order valence-corrected chi connectivity index (χ0v) is 43.2. The molecule has 0 radical (unpaired) electrons. The molecule has 342 valence electrons. The first-order valence-electron chi connectivity index (χ1n) is 23.1. The average Bonchev–Trinajstić information content (AvgIpc) is 3.42. The third-order valence-electron chi connectivity index (χ3n) is 12.9. The fourth-order valence-electron chi connectivity index (χ4n) is 9.53. The molecule has 0 aliphatic rings. The van der Waals surface area contributed by atoms with Crippen molar-refractivity contribution >= 4 is 102 Å². The van der Waals surface area contributed by atoms with E-state index in [0.717, 1.165) is 21.9 Å². The van der Waals surface area contributed by atoms with E-state index in [1.54, 1.807) is 0 Å². The van der Waals surface area contributed by atoms with Gasteiger partial charge in [-0.05, 0) is 113 Å². The summed E-state index contributed by atoms with van der Waals surface area (Å²) in [5, 5.41) is 21.0. The van der Waals surface area contributed by atoms with Crippen molar-refractivity contribution in [3.05, 3.63) is 279 Å². The van der Waals surface area contributed by atoms with E-state index in [1.165, 1.54) is 87.4 Å². The first kappa shape index (κ1) is 50.1. The van der Waals surface area contributed by atoms with Crippen LogP contribution in [0, 0.1) is 24.7 Å². The van der Waals surface area contributed by atoms with Gasteiger partial charge in [0.15, 0.2) is 0 Å². The fourth-order valence-corrected chi connectivity index (χ4v) is 15.7. The molecule has 0 aromatic heterocycles. The Balaban J connectivity index is 0.000000142. The van der Waals surface area contributed by atoms with Gasteiger partial charge in [-0.25, -0.2) is 0 Å². The van der Waals surface area contributed by atoms with Crippen LogP contribution in [0.5, 0.6) is 0 Å². The van der Waals surface area contributed by atoms with E-state index >= 15 is 0 Å². The zero-order chi connectivity index (χ0) is 46.1. The van der Waals surface area contributed by atoms with Crippen molar-refractivity contribution in [1.29, 1.82) is 0 Å². The van der Waals surface area contributed by atoms with Gasteiger partial charge in [-0.15, -0.1) is 35.4 Å². The second kappa shape index (κ2) is 24.0. The zero-order valence-electron chi connectivity index (χ0n) is 38.3. The van der Waals surface area contributed by atoms with Gasteiger partial charge in [0.2, 0.25) is 0 Å². The summed E-state index contributed by atoms with van der Waals surface area (Å²) in [4.78, 5) is 0. The minimum Gasteiger partial charge on any atom is -0.366 e. The fraction of sp³-hybridized carbons (Fsp3) is 0.0303. The van der Waals surface area contributed by atoms with Crippen molar-refractivity contribution in [2.45, 2.75) is 0 Å². The maximum Gasteiger partial charge on any atom is 1.00 e. The van der Waals surface area contributed by atoms with E-state index in [1.807, 2.05) is 24.3 Å². The molecule has 0 aliphatic carbocycles. The molecule has 0 saturated carbocycles. The SMILES string of the molecule is [Ag+].[Ag+].[C-]#Cc1ccc2c(ccc3c4ccccc4ccc23)c1.[C-]#Cc1ccc2c(ccc3c4ccccc4ccc23)c1.c1ccc([PH+](CC[PH+](c2ccccc2)c2ccccc2)c2ccccc2)cc1. The molecule has 4 heteroatoms. The Hall–Kier alpha value is -6.34. The molecule has 0 N–H and O–H groups in total. The molecule has 0 spiro atoms. The van der Waals surface area contributed by atoms with Crippen LogP contribution in [0.3, 0.4) is 0 Å². The van der Waals surface area contributed by atoms with Crippen LogP contribution in [0.4, 0.5) is 0 Å². The monoisotopic (exact) mass is 1120 g/mol. The van der Waals surface area contributed by atoms with Crippen molar-refractivity contribution < 1.29 is 44.8 Å². The van der Waals surface area contributed by atoms with Gasteiger partial charge in [-0.1, -0.05) is 182 Å². The molecule has 12 aromatic carbocycles. The van der Waals surface area contributed by atoms with Gasteiger partial charge in [0.25, 0.3) is 0 Å². The molecule has 12 aromatic rings. The van der Waals surface area contributed by atoms with Gasteiger partial charge >= 0.3 is 44.8 Å². The van der Waals surface area contributed by atoms with Gasteiger partial charge in [-0.2, -0.15) is 0 Å². The van der Waals surface area contributed by atoms with Gasteiger partial charge in [-0.3, -0.25) is 11.8 Å². The van der Waals surface area contributed by atoms with Crippen LogP contribution < -0.4 is 21.2 Å². The summed E-state index contributed by atoms with van der Waals surface area (Å²) >= 11 is 0. The van der Waals surface area contributed by atoms with Crippen molar-refractivity contribution in [3.8, 4) is 11.8 Å². The molecule has 0 aliphatic heterocycles. The Kier molecular flexibility index (Phi) is 17.2. The van der Waals surface area contributed by atoms with Gasteiger partial charge in [0.1, 0.15) is 12.3 Å². The normalized spacial score (nSPS) is 10.7. The Bertz CT molecular complexity index is 3440.